The molecule has 2 rings (SSSR count). The molecule has 0 fully saturated rings. The van der Waals surface area contributed by atoms with Crippen LogP contribution in [0.25, 0.3) is 0 Å². The largest absolute Gasteiger partial charge is 0.435 e. The van der Waals surface area contributed by atoms with Gasteiger partial charge in [0.1, 0.15) is 17.3 Å². The number of cyclic esters (lactones) is 1. The zero-order valence-corrected chi connectivity index (χ0v) is 7.83. The van der Waals surface area contributed by atoms with Crippen LogP contribution in [0.4, 0.5) is 19.4 Å². The fourth-order valence-corrected chi connectivity index (χ4v) is 1.44. The number of anilines is 1. The zero-order chi connectivity index (χ0) is 11.0. The Morgan fingerprint density at radius 3 is 2.93 bits per heavy atom. The Labute approximate surface area is 87.4 Å². The van der Waals surface area contributed by atoms with E-state index in [0.29, 0.717) is 0 Å². The summed E-state index contributed by atoms with van der Waals surface area (Å²) in [7, 11) is 0. The smallest absolute Gasteiger partial charge is 0.413 e. The molecule has 1 N–H and O–H groups in total. The van der Waals surface area contributed by atoms with Gasteiger partial charge in [0.2, 0.25) is 0 Å². The molecule has 0 bridgehead atoms. The summed E-state index contributed by atoms with van der Waals surface area (Å²) in [6.07, 6.45) is -4.52. The summed E-state index contributed by atoms with van der Waals surface area (Å²) in [6.45, 7) is 0. The molecule has 5 nitrogen and oxygen atoms in total. The van der Waals surface area contributed by atoms with E-state index in [1.54, 1.807) is 0 Å². The van der Waals surface area contributed by atoms with Gasteiger partial charge in [-0.3, -0.25) is 5.32 Å². The fourth-order valence-electron chi connectivity index (χ4n) is 1.20. The minimum absolute atomic E-state index is 0.0449. The van der Waals surface area contributed by atoms with Crippen LogP contribution >= 0.6 is 11.6 Å². The lowest BCUT2D eigenvalue weighted by Gasteiger charge is -2.24. The molecule has 1 aromatic rings. The molecule has 1 aliphatic rings. The van der Waals surface area contributed by atoms with Gasteiger partial charge in [-0.25, -0.2) is 23.5 Å². The number of hydrogen-bond donors (Lipinski definition) is 1. The lowest BCUT2D eigenvalue weighted by Crippen LogP contribution is -2.29. The molecule has 0 aromatic carbocycles. The molecule has 2 heterocycles. The van der Waals surface area contributed by atoms with E-state index in [9.17, 15) is 13.6 Å². The third kappa shape index (κ3) is 1.70. The summed E-state index contributed by atoms with van der Waals surface area (Å²) in [6, 6.07) is 0. The predicted molar refractivity (Wildman–Crippen MR) is 45.9 cm³/mol. The number of carbonyl (C=O) groups is 1. The Morgan fingerprint density at radius 1 is 1.53 bits per heavy atom. The first-order chi connectivity index (χ1) is 7.09. The van der Waals surface area contributed by atoms with Crippen molar-refractivity contribution in [3.8, 4) is 0 Å². The van der Waals surface area contributed by atoms with E-state index >= 15 is 0 Å². The number of halogens is 3. The Balaban J connectivity index is 2.52. The van der Waals surface area contributed by atoms with Crippen molar-refractivity contribution < 1.29 is 18.3 Å². The summed E-state index contributed by atoms with van der Waals surface area (Å²) >= 11 is 5.61. The van der Waals surface area contributed by atoms with E-state index in [-0.39, 0.29) is 16.5 Å². The number of carbonyl (C=O) groups excluding carboxylic acids is 1. The number of amides is 1. The van der Waals surface area contributed by atoms with Crippen LogP contribution in [0.15, 0.2) is 6.33 Å². The molecular formula is C7H4ClF2N3O2. The van der Waals surface area contributed by atoms with Gasteiger partial charge in [-0.05, 0) is 0 Å². The zero-order valence-electron chi connectivity index (χ0n) is 7.08. The summed E-state index contributed by atoms with van der Waals surface area (Å²) in [5.74, 6) is -0.0449. The molecule has 8 heteroatoms. The van der Waals surface area contributed by atoms with Gasteiger partial charge in [-0.2, -0.15) is 0 Å². The number of alkyl halides is 2. The molecule has 0 aliphatic carbocycles. The molecule has 0 radical (unpaired) electrons. The van der Waals surface area contributed by atoms with Crippen molar-refractivity contribution in [1.29, 1.82) is 0 Å². The van der Waals surface area contributed by atoms with Gasteiger partial charge < -0.3 is 4.74 Å². The second kappa shape index (κ2) is 3.58. The topological polar surface area (TPSA) is 64.1 Å². The molecule has 0 spiro atoms. The van der Waals surface area contributed by atoms with Gasteiger partial charge in [0, 0.05) is 0 Å². The third-order valence-corrected chi connectivity index (χ3v) is 2.10. The summed E-state index contributed by atoms with van der Waals surface area (Å²) in [5.41, 5.74) is -0.103. The maximum Gasteiger partial charge on any atom is 0.413 e. The molecule has 0 saturated carbocycles. The number of ether oxygens (including phenoxy) is 1. The Bertz CT molecular complexity index is 415. The van der Waals surface area contributed by atoms with Crippen LogP contribution in [-0.2, 0) is 4.74 Å². The Morgan fingerprint density at radius 2 is 2.27 bits per heavy atom. The number of rotatable bonds is 1. The second-order valence-electron chi connectivity index (χ2n) is 2.71. The highest BCUT2D eigenvalue weighted by Crippen LogP contribution is 2.36. The molecule has 1 aliphatic heterocycles. The van der Waals surface area contributed by atoms with Crippen LogP contribution in [-0.4, -0.2) is 22.5 Å². The average Bonchev–Trinajstić information content (AvgIpc) is 2.16. The van der Waals surface area contributed by atoms with Crippen LogP contribution in [0.5, 0.6) is 0 Å². The maximum absolute atomic E-state index is 12.5. The molecular weight excluding hydrogens is 232 g/mol. The van der Waals surface area contributed by atoms with E-state index in [0.717, 1.165) is 6.33 Å². The molecule has 1 atom stereocenters. The highest BCUT2D eigenvalue weighted by atomic mass is 35.5. The number of aromatic nitrogens is 2. The molecule has 80 valence electrons. The van der Waals surface area contributed by atoms with E-state index in [4.69, 9.17) is 11.6 Å². The number of nitrogens with one attached hydrogen (secondary N) is 1. The van der Waals surface area contributed by atoms with Crippen LogP contribution in [0.2, 0.25) is 5.15 Å². The summed E-state index contributed by atoms with van der Waals surface area (Å²) in [5, 5.41) is 1.99. The molecule has 0 unspecified atom stereocenters. The number of nitrogens with zero attached hydrogens (tertiary/aromatic N) is 2. The van der Waals surface area contributed by atoms with Gasteiger partial charge in [-0.15, -0.1) is 0 Å². The van der Waals surface area contributed by atoms with Crippen LogP contribution in [0, 0.1) is 0 Å². The minimum atomic E-state index is -2.88. The molecule has 1 aromatic heterocycles. The van der Waals surface area contributed by atoms with E-state index < -0.39 is 18.6 Å². The van der Waals surface area contributed by atoms with Crippen LogP contribution in [0.3, 0.4) is 0 Å². The maximum atomic E-state index is 12.5. The van der Waals surface area contributed by atoms with Crippen molar-refractivity contribution in [3.63, 3.8) is 0 Å². The quantitative estimate of drug-likeness (QED) is 0.756. The van der Waals surface area contributed by atoms with Gasteiger partial charge in [0.15, 0.2) is 6.10 Å². The summed E-state index contributed by atoms with van der Waals surface area (Å²) < 4.78 is 29.5. The highest BCUT2D eigenvalue weighted by molar-refractivity contribution is 6.30. The van der Waals surface area contributed by atoms with Crippen molar-refractivity contribution in [3.05, 3.63) is 17.0 Å². The fraction of sp³-hybridized carbons (Fsp3) is 0.286. The van der Waals surface area contributed by atoms with Crippen LogP contribution < -0.4 is 5.32 Å². The van der Waals surface area contributed by atoms with Gasteiger partial charge in [-0.1, -0.05) is 11.6 Å². The number of hydrogen-bond acceptors (Lipinski definition) is 4. The van der Waals surface area contributed by atoms with E-state index in [1.807, 2.05) is 0 Å². The molecule has 15 heavy (non-hydrogen) atoms. The lowest BCUT2D eigenvalue weighted by molar-refractivity contribution is -0.0173. The third-order valence-electron chi connectivity index (χ3n) is 1.80. The Kier molecular flexibility index (Phi) is 2.39. The highest BCUT2D eigenvalue weighted by Gasteiger charge is 2.36. The monoisotopic (exact) mass is 235 g/mol. The normalized spacial score (nSPS) is 19.5. The van der Waals surface area contributed by atoms with Crippen LogP contribution in [0.1, 0.15) is 11.7 Å². The second-order valence-corrected chi connectivity index (χ2v) is 3.07. The first-order valence-electron chi connectivity index (χ1n) is 3.85. The van der Waals surface area contributed by atoms with Gasteiger partial charge >= 0.3 is 6.09 Å². The van der Waals surface area contributed by atoms with E-state index in [1.165, 1.54) is 0 Å². The standard InChI is InChI=1S/C7H4ClF2N3O2/c8-4-2-3(5(9)10)15-7(14)13-6(2)12-1-11-4/h1,3,5H,(H,11,12,13,14)/t3-/m1/s1. The van der Waals surface area contributed by atoms with Gasteiger partial charge in [0.25, 0.3) is 6.43 Å². The lowest BCUT2D eigenvalue weighted by atomic mass is 10.1. The predicted octanol–water partition coefficient (Wildman–Crippen LogP) is 2.00. The van der Waals surface area contributed by atoms with Crippen molar-refractivity contribution in [2.45, 2.75) is 12.5 Å². The molecule has 0 saturated heterocycles. The Hall–Kier alpha value is -1.50. The van der Waals surface area contributed by atoms with Crippen molar-refractivity contribution in [2.75, 3.05) is 5.32 Å². The van der Waals surface area contributed by atoms with E-state index in [2.05, 4.69) is 20.0 Å². The van der Waals surface area contributed by atoms with Gasteiger partial charge in [0.05, 0.1) is 5.56 Å². The number of fused-ring (bicyclic) bond motifs is 1. The molecule has 1 amide bonds. The first-order valence-corrected chi connectivity index (χ1v) is 4.23. The average molecular weight is 236 g/mol. The van der Waals surface area contributed by atoms with Crippen molar-refractivity contribution in [1.82, 2.24) is 9.97 Å². The summed E-state index contributed by atoms with van der Waals surface area (Å²) in [4.78, 5) is 18.0. The van der Waals surface area contributed by atoms with Crippen molar-refractivity contribution >= 4 is 23.5 Å². The van der Waals surface area contributed by atoms with Crippen molar-refractivity contribution in [2.24, 2.45) is 0 Å². The SMILES string of the molecule is O=C1Nc2ncnc(Cl)c2[C@H](C(F)F)O1. The first kappa shape index (κ1) is 10.0. The minimum Gasteiger partial charge on any atom is -0.435 e.